The summed E-state index contributed by atoms with van der Waals surface area (Å²) in [5, 5.41) is 3.16. The number of hydrogen-bond donors (Lipinski definition) is 1. The first-order chi connectivity index (χ1) is 9.53. The molecule has 0 amide bonds. The van der Waals surface area contributed by atoms with E-state index in [1.165, 1.54) is 27.5 Å². The summed E-state index contributed by atoms with van der Waals surface area (Å²) in [5.74, 6) is -1.09. The van der Waals surface area contributed by atoms with Gasteiger partial charge in [-0.2, -0.15) is 0 Å². The highest BCUT2D eigenvalue weighted by Gasteiger charge is 2.19. The minimum absolute atomic E-state index is 0.262. The summed E-state index contributed by atoms with van der Waals surface area (Å²) in [7, 11) is 3.84. The molecule has 0 unspecified atom stereocenters. The molecule has 1 aromatic rings. The molecule has 0 heterocycles. The molecule has 1 aromatic carbocycles. The Balaban J connectivity index is 2.95. The van der Waals surface area contributed by atoms with Crippen molar-refractivity contribution in [1.82, 2.24) is 0 Å². The molecule has 0 saturated carbocycles. The number of carbonyl (C=O) groups excluding carboxylic acids is 2. The fraction of sp³-hybridized carbons (Fsp3) is 0.231. The van der Waals surface area contributed by atoms with Crippen LogP contribution in [-0.4, -0.2) is 33.3 Å². The highest BCUT2D eigenvalue weighted by Crippen LogP contribution is 2.27. The largest absolute Gasteiger partial charge is 0.495 e. The molecular formula is C13H14ClNO5. The third-order valence-electron chi connectivity index (χ3n) is 2.35. The van der Waals surface area contributed by atoms with Gasteiger partial charge in [-0.3, -0.25) is 0 Å². The number of nitrogens with one attached hydrogen (secondary N) is 1. The molecule has 0 radical (unpaired) electrons. The molecule has 0 fully saturated rings. The van der Waals surface area contributed by atoms with Gasteiger partial charge in [-0.25, -0.2) is 9.59 Å². The molecule has 0 atom stereocenters. The molecule has 0 aliphatic carbocycles. The summed E-state index contributed by atoms with van der Waals surface area (Å²) in [6.07, 6.45) is 1.19. The number of methoxy groups -OCH3 is 3. The van der Waals surface area contributed by atoms with Crippen LogP contribution in [0.2, 0.25) is 5.02 Å². The molecule has 0 aromatic heterocycles. The topological polar surface area (TPSA) is 73.9 Å². The normalized spacial score (nSPS) is 9.40. The van der Waals surface area contributed by atoms with Crippen molar-refractivity contribution in [2.45, 2.75) is 0 Å². The summed E-state index contributed by atoms with van der Waals surface area (Å²) in [6, 6.07) is 4.91. The predicted molar refractivity (Wildman–Crippen MR) is 73.7 cm³/mol. The third kappa shape index (κ3) is 3.89. The zero-order chi connectivity index (χ0) is 15.1. The molecule has 7 heteroatoms. The molecule has 0 aliphatic rings. The van der Waals surface area contributed by atoms with Crippen LogP contribution >= 0.6 is 11.6 Å². The molecule has 0 bridgehead atoms. The summed E-state index contributed by atoms with van der Waals surface area (Å²) in [4.78, 5) is 22.8. The van der Waals surface area contributed by atoms with E-state index < -0.39 is 11.9 Å². The Bertz CT molecular complexity index is 524. The van der Waals surface area contributed by atoms with E-state index >= 15 is 0 Å². The maximum absolute atomic E-state index is 11.4. The molecule has 1 N–H and O–H groups in total. The van der Waals surface area contributed by atoms with E-state index in [0.717, 1.165) is 0 Å². The number of esters is 2. The minimum Gasteiger partial charge on any atom is -0.495 e. The van der Waals surface area contributed by atoms with Gasteiger partial charge in [-0.05, 0) is 18.2 Å². The first kappa shape index (κ1) is 15.8. The van der Waals surface area contributed by atoms with E-state index in [-0.39, 0.29) is 5.57 Å². The maximum Gasteiger partial charge on any atom is 0.346 e. The SMILES string of the molecule is COC(=O)C(=CNc1ccc(OC)c(Cl)c1)C(=O)OC. The Labute approximate surface area is 121 Å². The lowest BCUT2D eigenvalue weighted by molar-refractivity contribution is -0.144. The van der Waals surface area contributed by atoms with E-state index in [1.54, 1.807) is 18.2 Å². The van der Waals surface area contributed by atoms with E-state index in [4.69, 9.17) is 16.3 Å². The quantitative estimate of drug-likeness (QED) is 0.388. The number of anilines is 1. The molecule has 0 aliphatic heterocycles. The summed E-state index contributed by atoms with van der Waals surface area (Å²) in [6.45, 7) is 0. The van der Waals surface area contributed by atoms with Crippen molar-refractivity contribution in [3.8, 4) is 5.75 Å². The fourth-order valence-corrected chi connectivity index (χ4v) is 1.59. The van der Waals surface area contributed by atoms with Gasteiger partial charge in [0.05, 0.1) is 26.4 Å². The Morgan fingerprint density at radius 2 is 1.75 bits per heavy atom. The molecule has 6 nitrogen and oxygen atoms in total. The highest BCUT2D eigenvalue weighted by atomic mass is 35.5. The van der Waals surface area contributed by atoms with Crippen LogP contribution in [-0.2, 0) is 19.1 Å². The second-order valence-electron chi connectivity index (χ2n) is 3.53. The van der Waals surface area contributed by atoms with Crippen LogP contribution in [0.1, 0.15) is 0 Å². The molecule has 0 saturated heterocycles. The molecule has 108 valence electrons. The van der Waals surface area contributed by atoms with Crippen molar-refractivity contribution < 1.29 is 23.8 Å². The number of ether oxygens (including phenoxy) is 3. The van der Waals surface area contributed by atoms with Crippen molar-refractivity contribution in [3.05, 3.63) is 35.0 Å². The van der Waals surface area contributed by atoms with Gasteiger partial charge in [0.25, 0.3) is 0 Å². The van der Waals surface area contributed by atoms with E-state index in [0.29, 0.717) is 16.5 Å². The first-order valence-electron chi connectivity index (χ1n) is 5.50. The third-order valence-corrected chi connectivity index (χ3v) is 2.64. The van der Waals surface area contributed by atoms with Crippen molar-refractivity contribution in [2.24, 2.45) is 0 Å². The van der Waals surface area contributed by atoms with Crippen molar-refractivity contribution in [3.63, 3.8) is 0 Å². The Morgan fingerprint density at radius 1 is 1.15 bits per heavy atom. The Morgan fingerprint density at radius 3 is 2.20 bits per heavy atom. The van der Waals surface area contributed by atoms with Gasteiger partial charge >= 0.3 is 11.9 Å². The van der Waals surface area contributed by atoms with Gasteiger partial charge in [-0.15, -0.1) is 0 Å². The standard InChI is InChI=1S/C13H14ClNO5/c1-18-11-5-4-8(6-10(11)14)15-7-9(12(16)19-2)13(17)20-3/h4-7,15H,1-3H3. The summed E-state index contributed by atoms with van der Waals surface area (Å²) >= 11 is 5.96. The Hall–Kier alpha value is -2.21. The monoisotopic (exact) mass is 299 g/mol. The summed E-state index contributed by atoms with van der Waals surface area (Å²) < 4.78 is 14.0. The number of benzene rings is 1. The molecule has 1 rings (SSSR count). The lowest BCUT2D eigenvalue weighted by Crippen LogP contribution is -2.17. The minimum atomic E-state index is -0.802. The molecule has 20 heavy (non-hydrogen) atoms. The van der Waals surface area contributed by atoms with Gasteiger partial charge in [0.1, 0.15) is 5.75 Å². The van der Waals surface area contributed by atoms with E-state index in [2.05, 4.69) is 14.8 Å². The number of hydrogen-bond acceptors (Lipinski definition) is 6. The summed E-state index contributed by atoms with van der Waals surface area (Å²) in [5.41, 5.74) is 0.308. The van der Waals surface area contributed by atoms with Crippen LogP contribution in [0, 0.1) is 0 Å². The van der Waals surface area contributed by atoms with Gasteiger partial charge < -0.3 is 19.5 Å². The van der Waals surface area contributed by atoms with Crippen LogP contribution in [0.15, 0.2) is 30.0 Å². The van der Waals surface area contributed by atoms with Crippen LogP contribution in [0.4, 0.5) is 5.69 Å². The van der Waals surface area contributed by atoms with Crippen molar-refractivity contribution in [2.75, 3.05) is 26.6 Å². The number of carbonyl (C=O) groups is 2. The second kappa shape index (κ2) is 7.40. The van der Waals surface area contributed by atoms with Crippen LogP contribution in [0.3, 0.4) is 0 Å². The molecule has 0 spiro atoms. The number of halogens is 1. The predicted octanol–water partition coefficient (Wildman–Crippen LogP) is 1.99. The fourth-order valence-electron chi connectivity index (χ4n) is 1.33. The zero-order valence-electron chi connectivity index (χ0n) is 11.2. The lowest BCUT2D eigenvalue weighted by atomic mass is 10.2. The zero-order valence-corrected chi connectivity index (χ0v) is 12.0. The molecular weight excluding hydrogens is 286 g/mol. The maximum atomic E-state index is 11.4. The van der Waals surface area contributed by atoms with Crippen molar-refractivity contribution in [1.29, 1.82) is 0 Å². The average molecular weight is 300 g/mol. The van der Waals surface area contributed by atoms with E-state index in [9.17, 15) is 9.59 Å². The first-order valence-corrected chi connectivity index (χ1v) is 5.88. The second-order valence-corrected chi connectivity index (χ2v) is 3.94. The van der Waals surface area contributed by atoms with E-state index in [1.807, 2.05) is 0 Å². The van der Waals surface area contributed by atoms with Gasteiger partial charge in [0, 0.05) is 11.9 Å². The van der Waals surface area contributed by atoms with Gasteiger partial charge in [0.15, 0.2) is 5.57 Å². The highest BCUT2D eigenvalue weighted by molar-refractivity contribution is 6.32. The average Bonchev–Trinajstić information content (AvgIpc) is 2.46. The van der Waals surface area contributed by atoms with Gasteiger partial charge in [-0.1, -0.05) is 11.6 Å². The Kier molecular flexibility index (Phi) is 5.86. The van der Waals surface area contributed by atoms with Crippen LogP contribution in [0.5, 0.6) is 5.75 Å². The van der Waals surface area contributed by atoms with Crippen LogP contribution < -0.4 is 10.1 Å². The smallest absolute Gasteiger partial charge is 0.346 e. The van der Waals surface area contributed by atoms with Crippen molar-refractivity contribution >= 4 is 29.2 Å². The lowest BCUT2D eigenvalue weighted by Gasteiger charge is -2.07. The number of rotatable bonds is 5. The van der Waals surface area contributed by atoms with Crippen LogP contribution in [0.25, 0.3) is 0 Å². The van der Waals surface area contributed by atoms with Gasteiger partial charge in [0.2, 0.25) is 0 Å².